The number of H-pyrrole nitrogens is 1. The Morgan fingerprint density at radius 1 is 1.12 bits per heavy atom. The van der Waals surface area contributed by atoms with Crippen LogP contribution in [0.3, 0.4) is 0 Å². The zero-order chi connectivity index (χ0) is 18.0. The van der Waals surface area contributed by atoms with Crippen molar-refractivity contribution in [3.8, 4) is 0 Å². The number of carbonyl (C=O) groups is 2. The molecule has 0 unspecified atom stereocenters. The summed E-state index contributed by atoms with van der Waals surface area (Å²) in [6, 6.07) is 12.7. The van der Waals surface area contributed by atoms with Crippen LogP contribution in [0.1, 0.15) is 27.2 Å². The largest absolute Gasteiger partial charge is 0.481 e. The number of aryl methyl sites for hydroxylation is 1. The number of hydrogen-bond acceptors (Lipinski definition) is 2. The maximum atomic E-state index is 12.3. The number of fused-ring (bicyclic) bond motifs is 1. The molecule has 3 aromatic rings. The number of benzene rings is 2. The smallest absolute Gasteiger partial charge is 0.307 e. The predicted molar refractivity (Wildman–Crippen MR) is 97.0 cm³/mol. The summed E-state index contributed by atoms with van der Waals surface area (Å²) in [6.45, 7) is 2.30. The molecule has 0 saturated heterocycles. The van der Waals surface area contributed by atoms with Gasteiger partial charge in [0.2, 0.25) is 0 Å². The summed E-state index contributed by atoms with van der Waals surface area (Å²) in [6.07, 6.45) is -0.0120. The van der Waals surface area contributed by atoms with Gasteiger partial charge in [-0.05, 0) is 41.8 Å². The minimum Gasteiger partial charge on any atom is -0.481 e. The van der Waals surface area contributed by atoms with Crippen molar-refractivity contribution in [1.82, 2.24) is 10.3 Å². The fourth-order valence-electron chi connectivity index (χ4n) is 2.68. The molecule has 0 fully saturated rings. The Bertz CT molecular complexity index is 945. The van der Waals surface area contributed by atoms with Crippen LogP contribution in [0.5, 0.6) is 0 Å². The number of amides is 1. The van der Waals surface area contributed by atoms with Crippen LogP contribution in [0.25, 0.3) is 10.9 Å². The number of halogens is 1. The Morgan fingerprint density at radius 2 is 1.80 bits per heavy atom. The Morgan fingerprint density at radius 3 is 2.48 bits per heavy atom. The highest BCUT2D eigenvalue weighted by Gasteiger charge is 2.11. The van der Waals surface area contributed by atoms with Crippen molar-refractivity contribution in [3.63, 3.8) is 0 Å². The summed E-state index contributed by atoms with van der Waals surface area (Å²) in [7, 11) is 0. The maximum Gasteiger partial charge on any atom is 0.307 e. The van der Waals surface area contributed by atoms with Gasteiger partial charge in [0.25, 0.3) is 5.91 Å². The molecule has 6 heteroatoms. The van der Waals surface area contributed by atoms with Gasteiger partial charge in [-0.15, -0.1) is 0 Å². The van der Waals surface area contributed by atoms with E-state index in [1.165, 1.54) is 0 Å². The summed E-state index contributed by atoms with van der Waals surface area (Å²) >= 11 is 6.21. The van der Waals surface area contributed by atoms with Crippen LogP contribution in [-0.2, 0) is 17.8 Å². The van der Waals surface area contributed by atoms with E-state index in [4.69, 9.17) is 16.7 Å². The second-order valence-electron chi connectivity index (χ2n) is 5.96. The highest BCUT2D eigenvalue weighted by atomic mass is 35.5. The van der Waals surface area contributed by atoms with Crippen molar-refractivity contribution >= 4 is 34.4 Å². The van der Waals surface area contributed by atoms with E-state index in [0.717, 1.165) is 27.6 Å². The van der Waals surface area contributed by atoms with Crippen LogP contribution in [0.4, 0.5) is 0 Å². The fraction of sp³-hybridized carbons (Fsp3) is 0.158. The molecular weight excluding hydrogens is 340 g/mol. The quantitative estimate of drug-likeness (QED) is 0.652. The van der Waals surface area contributed by atoms with Gasteiger partial charge in [0.05, 0.1) is 11.4 Å². The summed E-state index contributed by atoms with van der Waals surface area (Å²) in [4.78, 5) is 26.1. The first-order valence-corrected chi connectivity index (χ1v) is 8.17. The van der Waals surface area contributed by atoms with Crippen LogP contribution in [0, 0.1) is 6.92 Å². The molecule has 0 spiro atoms. The molecule has 5 nitrogen and oxygen atoms in total. The maximum absolute atomic E-state index is 12.3. The van der Waals surface area contributed by atoms with E-state index in [1.54, 1.807) is 18.2 Å². The number of rotatable bonds is 5. The summed E-state index contributed by atoms with van der Waals surface area (Å²) in [5, 5.41) is 13.0. The first kappa shape index (κ1) is 17.0. The summed E-state index contributed by atoms with van der Waals surface area (Å²) < 4.78 is 0. The Labute approximate surface area is 149 Å². The number of carboxylic acid groups (broad SMARTS) is 1. The third-order valence-electron chi connectivity index (χ3n) is 3.91. The van der Waals surface area contributed by atoms with Gasteiger partial charge in [0, 0.05) is 17.4 Å². The van der Waals surface area contributed by atoms with Gasteiger partial charge in [-0.2, -0.15) is 0 Å². The minimum atomic E-state index is -0.867. The van der Waals surface area contributed by atoms with Gasteiger partial charge in [-0.3, -0.25) is 9.59 Å². The first-order valence-electron chi connectivity index (χ1n) is 7.79. The molecule has 1 aromatic heterocycles. The van der Waals surface area contributed by atoms with Crippen molar-refractivity contribution in [2.45, 2.75) is 19.9 Å². The molecule has 0 aliphatic rings. The highest BCUT2D eigenvalue weighted by molar-refractivity contribution is 6.35. The lowest BCUT2D eigenvalue weighted by atomic mass is 10.1. The Kier molecular flexibility index (Phi) is 4.76. The fourth-order valence-corrected chi connectivity index (χ4v) is 3.01. The molecule has 0 atom stereocenters. The molecular formula is C19H17ClN2O3. The average Bonchev–Trinajstić information content (AvgIpc) is 2.98. The SMILES string of the molecule is Cc1cc(Cl)c2cc(C(=O)NCc3ccc(CC(=O)O)cc3)[nH]c2c1. The van der Waals surface area contributed by atoms with Crippen LogP contribution >= 0.6 is 11.6 Å². The molecule has 3 rings (SSSR count). The predicted octanol–water partition coefficient (Wildman–Crippen LogP) is 3.69. The number of hydrogen-bond donors (Lipinski definition) is 3. The van der Waals surface area contributed by atoms with Crippen LogP contribution < -0.4 is 5.32 Å². The van der Waals surface area contributed by atoms with Crippen LogP contribution in [0.2, 0.25) is 5.02 Å². The second kappa shape index (κ2) is 6.99. The minimum absolute atomic E-state index is 0.0120. The van der Waals surface area contributed by atoms with E-state index in [0.29, 0.717) is 17.3 Å². The molecule has 0 radical (unpaired) electrons. The monoisotopic (exact) mass is 356 g/mol. The molecule has 2 aromatic carbocycles. The Balaban J connectivity index is 1.68. The van der Waals surface area contributed by atoms with Crippen LogP contribution in [-0.4, -0.2) is 22.0 Å². The number of carboxylic acids is 1. The van der Waals surface area contributed by atoms with Crippen molar-refractivity contribution < 1.29 is 14.7 Å². The standard InChI is InChI=1S/C19H17ClN2O3/c1-11-6-15(20)14-9-17(22-16(14)7-11)19(25)21-10-13-4-2-12(3-5-13)8-18(23)24/h2-7,9,22H,8,10H2,1H3,(H,21,25)(H,23,24). The third-order valence-corrected chi connectivity index (χ3v) is 4.22. The molecule has 25 heavy (non-hydrogen) atoms. The number of aromatic nitrogens is 1. The summed E-state index contributed by atoms with van der Waals surface area (Å²) in [5.41, 5.74) is 3.92. The highest BCUT2D eigenvalue weighted by Crippen LogP contribution is 2.26. The van der Waals surface area contributed by atoms with E-state index in [2.05, 4.69) is 10.3 Å². The van der Waals surface area contributed by atoms with E-state index < -0.39 is 5.97 Å². The molecule has 1 amide bonds. The lowest BCUT2D eigenvalue weighted by Crippen LogP contribution is -2.23. The molecule has 1 heterocycles. The zero-order valence-electron chi connectivity index (χ0n) is 13.6. The summed E-state index contributed by atoms with van der Waals surface area (Å²) in [5.74, 6) is -1.09. The number of nitrogens with one attached hydrogen (secondary N) is 2. The van der Waals surface area contributed by atoms with Crippen molar-refractivity contribution in [1.29, 1.82) is 0 Å². The van der Waals surface area contributed by atoms with E-state index >= 15 is 0 Å². The molecule has 3 N–H and O–H groups in total. The van der Waals surface area contributed by atoms with E-state index in [1.807, 2.05) is 31.2 Å². The van der Waals surface area contributed by atoms with Gasteiger partial charge in [0.1, 0.15) is 5.69 Å². The lowest BCUT2D eigenvalue weighted by Gasteiger charge is -2.05. The second-order valence-corrected chi connectivity index (χ2v) is 6.37. The van der Waals surface area contributed by atoms with Gasteiger partial charge in [0.15, 0.2) is 0 Å². The zero-order valence-corrected chi connectivity index (χ0v) is 14.4. The van der Waals surface area contributed by atoms with Crippen molar-refractivity contribution in [2.24, 2.45) is 0 Å². The Hall–Kier alpha value is -2.79. The van der Waals surface area contributed by atoms with E-state index in [-0.39, 0.29) is 12.3 Å². The third kappa shape index (κ3) is 4.00. The van der Waals surface area contributed by atoms with Gasteiger partial charge in [-0.25, -0.2) is 0 Å². The normalized spacial score (nSPS) is 10.8. The van der Waals surface area contributed by atoms with Gasteiger partial charge in [-0.1, -0.05) is 35.9 Å². The van der Waals surface area contributed by atoms with E-state index in [9.17, 15) is 9.59 Å². The van der Waals surface area contributed by atoms with Gasteiger partial charge >= 0.3 is 5.97 Å². The molecule has 0 aliphatic heterocycles. The van der Waals surface area contributed by atoms with Crippen LogP contribution in [0.15, 0.2) is 42.5 Å². The average molecular weight is 357 g/mol. The molecule has 128 valence electrons. The first-order chi connectivity index (χ1) is 11.9. The number of carbonyl (C=O) groups excluding carboxylic acids is 1. The van der Waals surface area contributed by atoms with Gasteiger partial charge < -0.3 is 15.4 Å². The van der Waals surface area contributed by atoms with Crippen molar-refractivity contribution in [2.75, 3.05) is 0 Å². The lowest BCUT2D eigenvalue weighted by molar-refractivity contribution is -0.136. The topological polar surface area (TPSA) is 82.2 Å². The molecule has 0 bridgehead atoms. The number of aromatic amines is 1. The molecule has 0 aliphatic carbocycles. The molecule has 0 saturated carbocycles. The number of aliphatic carboxylic acids is 1. The van der Waals surface area contributed by atoms with Crippen molar-refractivity contribution in [3.05, 3.63) is 69.9 Å².